The Morgan fingerprint density at radius 2 is 1.97 bits per heavy atom. The van der Waals surface area contributed by atoms with Crippen molar-refractivity contribution in [3.63, 3.8) is 0 Å². The quantitative estimate of drug-likeness (QED) is 0.648. The number of nitrogens with one attached hydrogen (secondary N) is 1. The molecule has 0 aliphatic carbocycles. The van der Waals surface area contributed by atoms with Crippen LogP contribution in [0.2, 0.25) is 10.0 Å². The zero-order chi connectivity index (χ0) is 21.7. The molecule has 0 saturated heterocycles. The Balaban J connectivity index is 2.64. The highest BCUT2D eigenvalue weighted by Crippen LogP contribution is 2.26. The number of unbranched alkanes of at least 4 members (excludes halogenated alkanes) is 1. The Morgan fingerprint density at radius 1 is 1.28 bits per heavy atom. The Bertz CT molecular complexity index is 998. The first-order chi connectivity index (χ1) is 13.7. The molecule has 1 amide bonds. The van der Waals surface area contributed by atoms with Crippen LogP contribution in [-0.2, 0) is 6.54 Å². The first-order valence-electron chi connectivity index (χ1n) is 9.56. The number of carbonyl (C=O) groups excluding carboxylic acids is 1. The minimum Gasteiger partial charge on any atom is -0.383 e. The molecule has 0 atom stereocenters. The van der Waals surface area contributed by atoms with Crippen molar-refractivity contribution in [3.05, 3.63) is 54.6 Å². The summed E-state index contributed by atoms with van der Waals surface area (Å²) in [5, 5.41) is 0.555. The van der Waals surface area contributed by atoms with Crippen molar-refractivity contribution in [1.82, 2.24) is 9.55 Å². The molecule has 1 heterocycles. The lowest BCUT2D eigenvalue weighted by Crippen LogP contribution is -2.42. The van der Waals surface area contributed by atoms with E-state index in [1.165, 1.54) is 21.6 Å². The van der Waals surface area contributed by atoms with Gasteiger partial charge in [-0.15, -0.1) is 0 Å². The molecule has 0 spiro atoms. The SMILES string of the molecule is CCCCn1c(N)c(N(CCC(C)C)C(=O)c2cc(Cl)ccc2Cl)c(=O)[nH]c1=O. The van der Waals surface area contributed by atoms with Crippen LogP contribution in [0.15, 0.2) is 27.8 Å². The van der Waals surface area contributed by atoms with E-state index in [1.54, 1.807) is 6.07 Å². The molecular formula is C20H26Cl2N4O3. The van der Waals surface area contributed by atoms with Crippen molar-refractivity contribution in [2.24, 2.45) is 5.92 Å². The van der Waals surface area contributed by atoms with Gasteiger partial charge in [0.1, 0.15) is 5.82 Å². The molecule has 0 saturated carbocycles. The van der Waals surface area contributed by atoms with Crippen LogP contribution in [-0.4, -0.2) is 22.0 Å². The second kappa shape index (κ2) is 9.98. The first kappa shape index (κ1) is 23.0. The van der Waals surface area contributed by atoms with Gasteiger partial charge >= 0.3 is 5.69 Å². The van der Waals surface area contributed by atoms with Crippen molar-refractivity contribution < 1.29 is 4.79 Å². The molecule has 2 rings (SSSR count). The number of carbonyl (C=O) groups is 1. The summed E-state index contributed by atoms with van der Waals surface area (Å²) < 4.78 is 1.29. The van der Waals surface area contributed by atoms with Crippen LogP contribution in [0.4, 0.5) is 11.5 Å². The second-order valence-corrected chi connectivity index (χ2v) is 8.11. The van der Waals surface area contributed by atoms with Gasteiger partial charge in [-0.2, -0.15) is 0 Å². The van der Waals surface area contributed by atoms with E-state index in [0.29, 0.717) is 24.4 Å². The monoisotopic (exact) mass is 440 g/mol. The molecule has 0 fully saturated rings. The van der Waals surface area contributed by atoms with Gasteiger partial charge < -0.3 is 10.6 Å². The van der Waals surface area contributed by atoms with Crippen molar-refractivity contribution in [2.45, 2.75) is 46.6 Å². The number of rotatable bonds is 8. The Kier molecular flexibility index (Phi) is 7.93. The van der Waals surface area contributed by atoms with Crippen LogP contribution in [0.5, 0.6) is 0 Å². The van der Waals surface area contributed by atoms with E-state index in [4.69, 9.17) is 28.9 Å². The highest BCUT2D eigenvalue weighted by molar-refractivity contribution is 6.36. The molecule has 0 aliphatic rings. The lowest BCUT2D eigenvalue weighted by molar-refractivity contribution is 0.0985. The number of amides is 1. The molecule has 1 aromatic heterocycles. The van der Waals surface area contributed by atoms with Gasteiger partial charge in [0.2, 0.25) is 0 Å². The summed E-state index contributed by atoms with van der Waals surface area (Å²) in [6.07, 6.45) is 2.17. The number of aromatic amines is 1. The van der Waals surface area contributed by atoms with E-state index in [1.807, 2.05) is 20.8 Å². The lowest BCUT2D eigenvalue weighted by Gasteiger charge is -2.25. The van der Waals surface area contributed by atoms with Gasteiger partial charge in [0.25, 0.3) is 11.5 Å². The van der Waals surface area contributed by atoms with Crippen molar-refractivity contribution >= 4 is 40.6 Å². The van der Waals surface area contributed by atoms with Gasteiger partial charge in [0.05, 0.1) is 10.6 Å². The van der Waals surface area contributed by atoms with Gasteiger partial charge in [-0.05, 0) is 37.0 Å². The van der Waals surface area contributed by atoms with E-state index in [0.717, 1.165) is 6.42 Å². The van der Waals surface area contributed by atoms with Gasteiger partial charge in [0.15, 0.2) is 5.69 Å². The maximum absolute atomic E-state index is 13.3. The molecule has 29 heavy (non-hydrogen) atoms. The highest BCUT2D eigenvalue weighted by atomic mass is 35.5. The number of hydrogen-bond acceptors (Lipinski definition) is 4. The maximum Gasteiger partial charge on any atom is 0.330 e. The number of hydrogen-bond donors (Lipinski definition) is 2. The molecule has 0 aliphatic heterocycles. The fraction of sp³-hybridized carbons (Fsp3) is 0.450. The van der Waals surface area contributed by atoms with E-state index in [9.17, 15) is 14.4 Å². The van der Waals surface area contributed by atoms with Crippen LogP contribution in [0, 0.1) is 5.92 Å². The molecule has 7 nitrogen and oxygen atoms in total. The molecule has 0 bridgehead atoms. The van der Waals surface area contributed by atoms with Crippen LogP contribution >= 0.6 is 23.2 Å². The van der Waals surface area contributed by atoms with Crippen LogP contribution in [0.3, 0.4) is 0 Å². The van der Waals surface area contributed by atoms with E-state index in [2.05, 4.69) is 4.98 Å². The molecule has 158 valence electrons. The van der Waals surface area contributed by atoms with E-state index >= 15 is 0 Å². The number of anilines is 2. The number of H-pyrrole nitrogens is 1. The van der Waals surface area contributed by atoms with Gasteiger partial charge in [-0.1, -0.05) is 50.4 Å². The van der Waals surface area contributed by atoms with Crippen LogP contribution < -0.4 is 21.9 Å². The number of nitrogens with zero attached hydrogens (tertiary/aromatic N) is 2. The first-order valence-corrected chi connectivity index (χ1v) is 10.3. The Morgan fingerprint density at radius 3 is 2.59 bits per heavy atom. The molecule has 1 aromatic carbocycles. The molecule has 2 aromatic rings. The average Bonchev–Trinajstić information content (AvgIpc) is 2.65. The standard InChI is InChI=1S/C20H26Cl2N4O3/c1-4-5-9-26-17(23)16(18(27)24-20(26)29)25(10-8-12(2)3)19(28)14-11-13(21)6-7-15(14)22/h6-7,11-12H,4-5,8-10,23H2,1-3H3,(H,24,27,29). The summed E-state index contributed by atoms with van der Waals surface area (Å²) in [6.45, 7) is 6.57. The fourth-order valence-electron chi connectivity index (χ4n) is 2.89. The third-order valence-corrected chi connectivity index (χ3v) is 5.12. The number of halogens is 2. The Hall–Kier alpha value is -2.25. The summed E-state index contributed by atoms with van der Waals surface area (Å²) in [7, 11) is 0. The van der Waals surface area contributed by atoms with Crippen LogP contribution in [0.25, 0.3) is 0 Å². The third kappa shape index (κ3) is 5.42. The van der Waals surface area contributed by atoms with Crippen molar-refractivity contribution in [3.8, 4) is 0 Å². The average molecular weight is 441 g/mol. The normalized spacial score (nSPS) is 11.1. The van der Waals surface area contributed by atoms with Gasteiger partial charge in [-0.3, -0.25) is 19.1 Å². The third-order valence-electron chi connectivity index (χ3n) is 4.55. The number of nitrogen functional groups attached to an aromatic ring is 1. The zero-order valence-electron chi connectivity index (χ0n) is 16.8. The van der Waals surface area contributed by atoms with Gasteiger partial charge in [0, 0.05) is 18.1 Å². The van der Waals surface area contributed by atoms with E-state index < -0.39 is 17.2 Å². The smallest absolute Gasteiger partial charge is 0.330 e. The summed E-state index contributed by atoms with van der Waals surface area (Å²) in [5.41, 5.74) is 5.01. The summed E-state index contributed by atoms with van der Waals surface area (Å²) in [5.74, 6) is -0.273. The predicted octanol–water partition coefficient (Wildman–Crippen LogP) is 3.92. The van der Waals surface area contributed by atoms with Crippen molar-refractivity contribution in [1.29, 1.82) is 0 Å². The zero-order valence-corrected chi connectivity index (χ0v) is 18.3. The maximum atomic E-state index is 13.3. The molecular weight excluding hydrogens is 415 g/mol. The number of aromatic nitrogens is 2. The van der Waals surface area contributed by atoms with E-state index in [-0.39, 0.29) is 34.6 Å². The second-order valence-electron chi connectivity index (χ2n) is 7.26. The summed E-state index contributed by atoms with van der Waals surface area (Å²) in [6, 6.07) is 4.55. The molecule has 0 unspecified atom stereocenters. The van der Waals surface area contributed by atoms with Crippen LogP contribution in [0.1, 0.15) is 50.4 Å². The molecule has 9 heteroatoms. The minimum atomic E-state index is -0.712. The number of benzene rings is 1. The molecule has 3 N–H and O–H groups in total. The summed E-state index contributed by atoms with van der Waals surface area (Å²) in [4.78, 5) is 41.8. The molecule has 0 radical (unpaired) electrons. The Labute approximate surface area is 179 Å². The lowest BCUT2D eigenvalue weighted by atomic mass is 10.1. The fourth-order valence-corrected chi connectivity index (χ4v) is 3.26. The minimum absolute atomic E-state index is 0.0394. The predicted molar refractivity (Wildman–Crippen MR) is 118 cm³/mol. The number of nitrogens with two attached hydrogens (primary N) is 1. The highest BCUT2D eigenvalue weighted by Gasteiger charge is 2.26. The topological polar surface area (TPSA) is 101 Å². The van der Waals surface area contributed by atoms with Gasteiger partial charge in [-0.25, -0.2) is 4.79 Å². The van der Waals surface area contributed by atoms with Crippen molar-refractivity contribution in [2.75, 3.05) is 17.2 Å². The summed E-state index contributed by atoms with van der Waals surface area (Å²) >= 11 is 12.2. The largest absolute Gasteiger partial charge is 0.383 e.